The van der Waals surface area contributed by atoms with Gasteiger partial charge in [-0.15, -0.1) is 0 Å². The molecule has 2 aromatic rings. The fraction of sp³-hybridized carbons (Fsp3) is 0.300. The van der Waals surface area contributed by atoms with Crippen LogP contribution in [-0.4, -0.2) is 22.7 Å². The van der Waals surface area contributed by atoms with Crippen molar-refractivity contribution in [2.75, 3.05) is 6.61 Å². The van der Waals surface area contributed by atoms with Gasteiger partial charge in [-0.25, -0.2) is 4.79 Å². The van der Waals surface area contributed by atoms with Crippen molar-refractivity contribution in [3.8, 4) is 0 Å². The predicted octanol–water partition coefficient (Wildman–Crippen LogP) is 3.21. The van der Waals surface area contributed by atoms with E-state index in [0.29, 0.717) is 25.0 Å². The van der Waals surface area contributed by atoms with Gasteiger partial charge < -0.3 is 15.6 Å². The molecule has 2 atom stereocenters. The number of hydrogen-bond acceptors (Lipinski definition) is 4. The zero-order valence-corrected chi connectivity index (χ0v) is 14.9. The van der Waals surface area contributed by atoms with Crippen LogP contribution in [0.1, 0.15) is 23.1 Å². The van der Waals surface area contributed by atoms with Crippen LogP contribution < -0.4 is 5.73 Å². The quantitative estimate of drug-likeness (QED) is 0.806. The van der Waals surface area contributed by atoms with Gasteiger partial charge in [0.15, 0.2) is 10.6 Å². The summed E-state index contributed by atoms with van der Waals surface area (Å²) < 4.78 is 5.57. The first-order valence-electron chi connectivity index (χ1n) is 8.21. The molecule has 2 aromatic carbocycles. The van der Waals surface area contributed by atoms with E-state index in [4.69, 9.17) is 22.7 Å². The molecule has 1 fully saturated rings. The minimum absolute atomic E-state index is 0.279. The Morgan fingerprint density at radius 1 is 1.24 bits per heavy atom. The van der Waals surface area contributed by atoms with E-state index in [1.807, 2.05) is 49.4 Å². The molecular weight excluding hydrogens is 334 g/mol. The number of benzene rings is 2. The average Bonchev–Trinajstić information content (AvgIpc) is 2.97. The molecule has 1 heterocycles. The summed E-state index contributed by atoms with van der Waals surface area (Å²) in [6.07, 6.45) is 0.890. The highest BCUT2D eigenvalue weighted by Gasteiger charge is 2.60. The van der Waals surface area contributed by atoms with Crippen LogP contribution in [0, 0.1) is 12.3 Å². The molecule has 3 rings (SSSR count). The van der Waals surface area contributed by atoms with Crippen LogP contribution in [0.3, 0.4) is 0 Å². The molecule has 0 amide bonds. The highest BCUT2D eigenvalue weighted by Crippen LogP contribution is 2.48. The zero-order valence-electron chi connectivity index (χ0n) is 14.1. The number of rotatable bonds is 5. The Morgan fingerprint density at radius 2 is 1.88 bits per heavy atom. The molecule has 1 saturated heterocycles. The smallest absolute Gasteiger partial charge is 0.329 e. The van der Waals surface area contributed by atoms with Crippen LogP contribution >= 0.6 is 12.2 Å². The van der Waals surface area contributed by atoms with Gasteiger partial charge in [-0.1, -0.05) is 60.2 Å². The molecule has 0 spiro atoms. The molecule has 0 aliphatic carbocycles. The molecule has 0 radical (unpaired) electrons. The van der Waals surface area contributed by atoms with Crippen LogP contribution in [0.15, 0.2) is 54.6 Å². The van der Waals surface area contributed by atoms with E-state index >= 15 is 0 Å². The van der Waals surface area contributed by atoms with E-state index < -0.39 is 16.9 Å². The van der Waals surface area contributed by atoms with Crippen LogP contribution in [0.25, 0.3) is 0 Å². The lowest BCUT2D eigenvalue weighted by Crippen LogP contribution is -2.61. The molecule has 130 valence electrons. The maximum atomic E-state index is 12.4. The van der Waals surface area contributed by atoms with E-state index in [-0.39, 0.29) is 5.05 Å². The molecule has 1 aliphatic rings. The number of ether oxygens (including phenoxy) is 1. The van der Waals surface area contributed by atoms with Crippen molar-refractivity contribution in [3.05, 3.63) is 71.3 Å². The van der Waals surface area contributed by atoms with Crippen molar-refractivity contribution in [1.29, 1.82) is 0 Å². The average molecular weight is 355 g/mol. The lowest BCUT2D eigenvalue weighted by molar-refractivity contribution is -0.147. The fourth-order valence-corrected chi connectivity index (χ4v) is 4.00. The number of hydrogen-bond donors (Lipinski definition) is 2. The molecule has 4 nitrogen and oxygen atoms in total. The minimum atomic E-state index is -1.66. The van der Waals surface area contributed by atoms with Gasteiger partial charge in [0.25, 0.3) is 0 Å². The molecule has 0 bridgehead atoms. The second-order valence-corrected chi connectivity index (χ2v) is 6.98. The number of carbonyl (C=O) groups is 1. The molecule has 25 heavy (non-hydrogen) atoms. The summed E-state index contributed by atoms with van der Waals surface area (Å²) in [5, 5.41) is 10.4. The van der Waals surface area contributed by atoms with Crippen molar-refractivity contribution in [1.82, 2.24) is 0 Å². The molecule has 0 unspecified atom stereocenters. The van der Waals surface area contributed by atoms with Crippen LogP contribution in [0.5, 0.6) is 0 Å². The topological polar surface area (TPSA) is 72.6 Å². The number of nitrogens with two attached hydrogens (primary N) is 1. The Hall–Kier alpha value is -2.24. The summed E-state index contributed by atoms with van der Waals surface area (Å²) >= 11 is 5.48. The van der Waals surface area contributed by atoms with Gasteiger partial charge in [0, 0.05) is 0 Å². The second kappa shape index (κ2) is 6.58. The first-order chi connectivity index (χ1) is 11.9. The third-order valence-corrected chi connectivity index (χ3v) is 5.61. The van der Waals surface area contributed by atoms with Crippen molar-refractivity contribution < 1.29 is 14.6 Å². The third kappa shape index (κ3) is 2.83. The van der Waals surface area contributed by atoms with Gasteiger partial charge in [0.2, 0.25) is 0 Å². The lowest BCUT2D eigenvalue weighted by atomic mass is 9.62. The Morgan fingerprint density at radius 3 is 2.40 bits per heavy atom. The number of carboxylic acid groups (broad SMARTS) is 1. The zero-order chi connectivity index (χ0) is 18.1. The molecule has 0 aromatic heterocycles. The summed E-state index contributed by atoms with van der Waals surface area (Å²) in [7, 11) is 0. The number of carboxylic acids is 1. The lowest BCUT2D eigenvalue weighted by Gasteiger charge is -2.42. The van der Waals surface area contributed by atoms with Gasteiger partial charge in [-0.2, -0.15) is 0 Å². The summed E-state index contributed by atoms with van der Waals surface area (Å²) in [6.45, 7) is 2.33. The molecular formula is C20H21NO3S. The standard InChI is InChI=1S/C20H21NO3S/c1-14-7-9-16(10-8-14)20(21,17(22)23)19(11-12-24-18(19)25)13-15-5-3-2-4-6-15/h2-10H,11-13,21H2,1H3,(H,22,23)/t19-,20-/m0/s1. The van der Waals surface area contributed by atoms with Gasteiger partial charge in [-0.3, -0.25) is 0 Å². The highest BCUT2D eigenvalue weighted by molar-refractivity contribution is 7.80. The maximum Gasteiger partial charge on any atom is 0.329 e. The van der Waals surface area contributed by atoms with Crippen molar-refractivity contribution in [2.24, 2.45) is 11.1 Å². The number of thiocarbonyl (C=S) groups is 1. The largest absolute Gasteiger partial charge is 0.486 e. The van der Waals surface area contributed by atoms with Gasteiger partial charge >= 0.3 is 5.97 Å². The minimum Gasteiger partial charge on any atom is -0.486 e. The fourth-order valence-electron chi connectivity index (χ4n) is 3.58. The van der Waals surface area contributed by atoms with E-state index in [1.54, 1.807) is 12.1 Å². The van der Waals surface area contributed by atoms with Crippen molar-refractivity contribution >= 4 is 23.2 Å². The monoisotopic (exact) mass is 355 g/mol. The highest BCUT2D eigenvalue weighted by atomic mass is 32.1. The summed E-state index contributed by atoms with van der Waals surface area (Å²) in [6, 6.07) is 17.0. The third-order valence-electron chi connectivity index (χ3n) is 5.10. The van der Waals surface area contributed by atoms with Gasteiger partial charge in [-0.05, 0) is 43.1 Å². The Labute approximate surface area is 152 Å². The van der Waals surface area contributed by atoms with Crippen LogP contribution in [0.4, 0.5) is 0 Å². The first-order valence-corrected chi connectivity index (χ1v) is 8.61. The van der Waals surface area contributed by atoms with E-state index in [9.17, 15) is 9.90 Å². The molecule has 5 heteroatoms. The summed E-state index contributed by atoms with van der Waals surface area (Å²) in [5.74, 6) is -1.10. The Balaban J connectivity index is 2.16. The number of aryl methyl sites for hydroxylation is 1. The van der Waals surface area contributed by atoms with Gasteiger partial charge in [0.1, 0.15) is 0 Å². The first kappa shape index (κ1) is 17.6. The summed E-state index contributed by atoms with van der Waals surface area (Å²) in [5.41, 5.74) is 6.54. The SMILES string of the molecule is Cc1ccc([C@](N)(C(=O)O)[C@]2(Cc3ccccc3)CCOC2=S)cc1. The summed E-state index contributed by atoms with van der Waals surface area (Å²) in [4.78, 5) is 12.4. The van der Waals surface area contributed by atoms with Crippen molar-refractivity contribution in [2.45, 2.75) is 25.3 Å². The van der Waals surface area contributed by atoms with E-state index in [2.05, 4.69) is 0 Å². The Bertz CT molecular complexity index is 790. The Kier molecular flexibility index (Phi) is 4.62. The number of aliphatic carboxylic acids is 1. The predicted molar refractivity (Wildman–Crippen MR) is 100 cm³/mol. The molecule has 1 aliphatic heterocycles. The van der Waals surface area contributed by atoms with Crippen molar-refractivity contribution in [3.63, 3.8) is 0 Å². The molecule has 0 saturated carbocycles. The van der Waals surface area contributed by atoms with E-state index in [0.717, 1.165) is 11.1 Å². The van der Waals surface area contributed by atoms with Crippen LogP contribution in [0.2, 0.25) is 0 Å². The van der Waals surface area contributed by atoms with E-state index in [1.165, 1.54) is 0 Å². The van der Waals surface area contributed by atoms with Crippen LogP contribution in [-0.2, 0) is 21.5 Å². The van der Waals surface area contributed by atoms with Gasteiger partial charge in [0.05, 0.1) is 12.0 Å². The molecule has 3 N–H and O–H groups in total. The second-order valence-electron chi connectivity index (χ2n) is 6.61. The normalized spacial score (nSPS) is 22.2. The maximum absolute atomic E-state index is 12.4.